The molecule has 0 aromatic heterocycles. The molecule has 148 valence electrons. The first kappa shape index (κ1) is 20.3. The van der Waals surface area contributed by atoms with Crippen LogP contribution < -0.4 is 20.7 Å². The lowest BCUT2D eigenvalue weighted by Crippen LogP contribution is -2.20. The molecular formula is C22H21N3O3S. The van der Waals surface area contributed by atoms with Crippen molar-refractivity contribution in [3.63, 3.8) is 0 Å². The van der Waals surface area contributed by atoms with Gasteiger partial charge in [-0.25, -0.2) is 9.59 Å². The molecule has 0 bridgehead atoms. The van der Waals surface area contributed by atoms with Crippen molar-refractivity contribution in [1.29, 1.82) is 0 Å². The fourth-order valence-electron chi connectivity index (χ4n) is 2.55. The number of carbonyl (C=O) groups is 2. The van der Waals surface area contributed by atoms with Crippen molar-refractivity contribution in [2.45, 2.75) is 12.2 Å². The largest absolute Gasteiger partial charge is 0.417 e. The van der Waals surface area contributed by atoms with Crippen LogP contribution in [0.15, 0.2) is 78.9 Å². The molecule has 0 aliphatic heterocycles. The molecule has 3 rings (SSSR count). The molecule has 1 unspecified atom stereocenters. The summed E-state index contributed by atoms with van der Waals surface area (Å²) in [5.41, 5.74) is 2.76. The number of amides is 3. The molecule has 0 fully saturated rings. The summed E-state index contributed by atoms with van der Waals surface area (Å²) in [5.74, 6) is 0.442. The quantitative estimate of drug-likeness (QED) is 0.396. The Morgan fingerprint density at radius 1 is 0.793 bits per heavy atom. The maximum atomic E-state index is 12.2. The van der Waals surface area contributed by atoms with E-state index in [0.717, 1.165) is 5.56 Å². The Labute approximate surface area is 174 Å². The molecule has 0 saturated heterocycles. The van der Waals surface area contributed by atoms with Gasteiger partial charge < -0.3 is 15.4 Å². The number of nitrogens with one attached hydrogen (secondary N) is 3. The van der Waals surface area contributed by atoms with E-state index in [9.17, 15) is 9.59 Å². The molecule has 3 N–H and O–H groups in total. The highest BCUT2D eigenvalue weighted by Crippen LogP contribution is 2.21. The van der Waals surface area contributed by atoms with Crippen molar-refractivity contribution in [1.82, 2.24) is 0 Å². The van der Waals surface area contributed by atoms with Gasteiger partial charge in [-0.2, -0.15) is 12.6 Å². The van der Waals surface area contributed by atoms with Crippen LogP contribution in [0.4, 0.5) is 26.7 Å². The van der Waals surface area contributed by atoms with Crippen LogP contribution in [0.3, 0.4) is 0 Å². The first-order valence-corrected chi connectivity index (χ1v) is 9.51. The van der Waals surface area contributed by atoms with Gasteiger partial charge in [-0.15, -0.1) is 0 Å². The Kier molecular flexibility index (Phi) is 6.76. The first-order valence-electron chi connectivity index (χ1n) is 8.99. The molecule has 3 amide bonds. The Morgan fingerprint density at radius 3 is 2.07 bits per heavy atom. The fraction of sp³-hybridized carbons (Fsp3) is 0.0909. The maximum absolute atomic E-state index is 12.2. The average Bonchev–Trinajstić information content (AvgIpc) is 2.69. The van der Waals surface area contributed by atoms with Gasteiger partial charge in [-0.1, -0.05) is 36.4 Å². The lowest BCUT2D eigenvalue weighted by Gasteiger charge is -2.11. The number of thiol groups is 1. The molecule has 0 saturated carbocycles. The highest BCUT2D eigenvalue weighted by molar-refractivity contribution is 7.80. The molecule has 7 heteroatoms. The molecule has 3 aromatic carbocycles. The van der Waals surface area contributed by atoms with Crippen LogP contribution in [-0.4, -0.2) is 12.1 Å². The van der Waals surface area contributed by atoms with E-state index in [1.165, 1.54) is 0 Å². The van der Waals surface area contributed by atoms with Crippen LogP contribution in [-0.2, 0) is 0 Å². The van der Waals surface area contributed by atoms with E-state index in [4.69, 9.17) is 4.74 Å². The summed E-state index contributed by atoms with van der Waals surface area (Å²) in [4.78, 5) is 24.2. The van der Waals surface area contributed by atoms with Crippen molar-refractivity contribution in [2.75, 3.05) is 16.0 Å². The van der Waals surface area contributed by atoms with Crippen LogP contribution in [0.1, 0.15) is 17.7 Å². The van der Waals surface area contributed by atoms with Gasteiger partial charge in [-0.3, -0.25) is 5.32 Å². The minimum absolute atomic E-state index is 0.127. The second-order valence-corrected chi connectivity index (χ2v) is 7.06. The van der Waals surface area contributed by atoms with Gasteiger partial charge in [0.2, 0.25) is 0 Å². The maximum Gasteiger partial charge on any atom is 0.417 e. The van der Waals surface area contributed by atoms with Gasteiger partial charge in [0.25, 0.3) is 0 Å². The number of ether oxygens (including phenoxy) is 1. The number of rotatable bonds is 5. The summed E-state index contributed by atoms with van der Waals surface area (Å²) in [7, 11) is 0. The van der Waals surface area contributed by atoms with Gasteiger partial charge in [0.15, 0.2) is 0 Å². The predicted octanol–water partition coefficient (Wildman–Crippen LogP) is 5.93. The first-order chi connectivity index (χ1) is 14.0. The zero-order chi connectivity index (χ0) is 20.6. The van der Waals surface area contributed by atoms with Gasteiger partial charge in [0.05, 0.1) is 0 Å². The van der Waals surface area contributed by atoms with E-state index in [0.29, 0.717) is 22.8 Å². The van der Waals surface area contributed by atoms with E-state index in [1.807, 2.05) is 37.3 Å². The average molecular weight is 407 g/mol. The minimum atomic E-state index is -0.615. The van der Waals surface area contributed by atoms with Crippen molar-refractivity contribution < 1.29 is 14.3 Å². The third kappa shape index (κ3) is 6.29. The Morgan fingerprint density at radius 2 is 1.41 bits per heavy atom. The minimum Gasteiger partial charge on any atom is -0.410 e. The Balaban J connectivity index is 1.56. The normalized spacial score (nSPS) is 11.2. The topological polar surface area (TPSA) is 79.5 Å². The van der Waals surface area contributed by atoms with Crippen LogP contribution >= 0.6 is 12.6 Å². The van der Waals surface area contributed by atoms with E-state index in [-0.39, 0.29) is 11.3 Å². The van der Waals surface area contributed by atoms with Gasteiger partial charge in [0, 0.05) is 22.3 Å². The molecule has 0 aliphatic rings. The highest BCUT2D eigenvalue weighted by Gasteiger charge is 2.08. The zero-order valence-electron chi connectivity index (χ0n) is 15.8. The highest BCUT2D eigenvalue weighted by atomic mass is 32.1. The summed E-state index contributed by atoms with van der Waals surface area (Å²) in [6.07, 6.45) is -0.615. The summed E-state index contributed by atoms with van der Waals surface area (Å²) < 4.78 is 5.19. The van der Waals surface area contributed by atoms with Crippen LogP contribution in [0.25, 0.3) is 0 Å². The molecule has 0 heterocycles. The third-order valence-electron chi connectivity index (χ3n) is 3.97. The van der Waals surface area contributed by atoms with Gasteiger partial charge in [-0.05, 0) is 55.0 Å². The molecule has 1 atom stereocenters. The van der Waals surface area contributed by atoms with Crippen molar-refractivity contribution in [3.05, 3.63) is 84.4 Å². The summed E-state index contributed by atoms with van der Waals surface area (Å²) in [6.45, 7) is 1.98. The summed E-state index contributed by atoms with van der Waals surface area (Å²) in [5, 5.41) is 8.25. The molecule has 0 spiro atoms. The summed E-state index contributed by atoms with van der Waals surface area (Å²) in [6, 6.07) is 22.6. The molecule has 0 radical (unpaired) electrons. The second kappa shape index (κ2) is 9.66. The molecular weight excluding hydrogens is 386 g/mol. The molecule has 3 aromatic rings. The lowest BCUT2D eigenvalue weighted by molar-refractivity contribution is 0.215. The van der Waals surface area contributed by atoms with E-state index >= 15 is 0 Å². The standard InChI is InChI=1S/C22H21N3O3S/c1-15(29)16-10-12-17(13-11-16)23-21(26)24-18-6-5-7-19(14-18)25-22(27)28-20-8-3-2-4-9-20/h2-15,29H,1H3,(H,25,27)(H2,23,24,26). The molecule has 0 aliphatic carbocycles. The lowest BCUT2D eigenvalue weighted by atomic mass is 10.1. The van der Waals surface area contributed by atoms with Gasteiger partial charge in [0.1, 0.15) is 5.75 Å². The van der Waals surface area contributed by atoms with E-state index < -0.39 is 6.09 Å². The second-order valence-electron chi connectivity index (χ2n) is 6.29. The van der Waals surface area contributed by atoms with E-state index in [1.54, 1.807) is 48.5 Å². The van der Waals surface area contributed by atoms with Crippen molar-refractivity contribution in [3.8, 4) is 5.75 Å². The molecule has 6 nitrogen and oxygen atoms in total. The number of anilines is 3. The van der Waals surface area contributed by atoms with Crippen molar-refractivity contribution >= 4 is 41.8 Å². The number of para-hydroxylation sites is 1. The van der Waals surface area contributed by atoms with Crippen LogP contribution in [0, 0.1) is 0 Å². The molecule has 29 heavy (non-hydrogen) atoms. The Bertz CT molecular complexity index is 976. The van der Waals surface area contributed by atoms with Crippen LogP contribution in [0.2, 0.25) is 0 Å². The number of hydrogen-bond acceptors (Lipinski definition) is 4. The Hall–Kier alpha value is -3.45. The number of urea groups is 1. The predicted molar refractivity (Wildman–Crippen MR) is 119 cm³/mol. The zero-order valence-corrected chi connectivity index (χ0v) is 16.6. The monoisotopic (exact) mass is 407 g/mol. The smallest absolute Gasteiger partial charge is 0.410 e. The number of benzene rings is 3. The number of carbonyl (C=O) groups excluding carboxylic acids is 2. The SMILES string of the molecule is CC(S)c1ccc(NC(=O)Nc2cccc(NC(=O)Oc3ccccc3)c2)cc1. The third-order valence-corrected chi connectivity index (χ3v) is 4.27. The summed E-state index contributed by atoms with van der Waals surface area (Å²) >= 11 is 4.38. The van der Waals surface area contributed by atoms with E-state index in [2.05, 4.69) is 28.6 Å². The van der Waals surface area contributed by atoms with Crippen molar-refractivity contribution in [2.24, 2.45) is 0 Å². The van der Waals surface area contributed by atoms with Crippen LogP contribution in [0.5, 0.6) is 5.75 Å². The van der Waals surface area contributed by atoms with Gasteiger partial charge >= 0.3 is 12.1 Å². The fourth-order valence-corrected chi connectivity index (χ4v) is 2.72. The number of hydrogen-bond donors (Lipinski definition) is 4.